The van der Waals surface area contributed by atoms with Gasteiger partial charge in [0.2, 0.25) is 17.6 Å². The van der Waals surface area contributed by atoms with Crippen LogP contribution < -0.4 is 5.32 Å². The summed E-state index contributed by atoms with van der Waals surface area (Å²) in [5.74, 6) is 1.23. The Morgan fingerprint density at radius 3 is 2.88 bits per heavy atom. The van der Waals surface area contributed by atoms with Crippen LogP contribution in [-0.4, -0.2) is 21.0 Å². The van der Waals surface area contributed by atoms with Gasteiger partial charge in [0.1, 0.15) is 6.04 Å². The second-order valence-electron chi connectivity index (χ2n) is 6.45. The first-order valence-electron chi connectivity index (χ1n) is 8.74. The lowest BCUT2D eigenvalue weighted by molar-refractivity contribution is -0.126. The minimum Gasteiger partial charge on any atom is -0.344 e. The van der Waals surface area contributed by atoms with E-state index in [-0.39, 0.29) is 17.9 Å². The zero-order valence-electron chi connectivity index (χ0n) is 14.3. The van der Waals surface area contributed by atoms with Crippen LogP contribution in [0.1, 0.15) is 63.1 Å². The smallest absolute Gasteiger partial charge is 0.249 e. The predicted octanol–water partition coefficient (Wildman–Crippen LogP) is 3.59. The summed E-state index contributed by atoms with van der Waals surface area (Å²) in [6.45, 7) is 3.93. The standard InChI is InChI=1S/C18H24N4O2/c1-3-15(20-17(23)13-7-5-4-6-8-13)18-21-16(22-24-18)14-9-10-19-12(2)11-14/h9-11,13,15H,3-8H2,1-2H3,(H,20,23)/t15-/m0/s1. The van der Waals surface area contributed by atoms with E-state index < -0.39 is 0 Å². The molecule has 2 heterocycles. The van der Waals surface area contributed by atoms with Crippen LogP contribution in [0.4, 0.5) is 0 Å². The number of hydrogen-bond acceptors (Lipinski definition) is 5. The molecule has 128 valence electrons. The molecule has 1 N–H and O–H groups in total. The maximum Gasteiger partial charge on any atom is 0.249 e. The maximum atomic E-state index is 12.5. The topological polar surface area (TPSA) is 80.9 Å². The van der Waals surface area contributed by atoms with Crippen LogP contribution in [0.2, 0.25) is 0 Å². The van der Waals surface area contributed by atoms with Crippen LogP contribution in [0.5, 0.6) is 0 Å². The van der Waals surface area contributed by atoms with E-state index in [4.69, 9.17) is 4.52 Å². The first-order valence-corrected chi connectivity index (χ1v) is 8.74. The van der Waals surface area contributed by atoms with Gasteiger partial charge in [0, 0.05) is 23.4 Å². The molecule has 0 radical (unpaired) electrons. The Kier molecular flexibility index (Phi) is 5.23. The Bertz CT molecular complexity index is 692. The van der Waals surface area contributed by atoms with Gasteiger partial charge in [-0.15, -0.1) is 0 Å². The molecule has 2 aromatic rings. The molecule has 1 fully saturated rings. The van der Waals surface area contributed by atoms with Gasteiger partial charge in [0.15, 0.2) is 0 Å². The lowest BCUT2D eigenvalue weighted by atomic mass is 9.88. The van der Waals surface area contributed by atoms with Gasteiger partial charge in [-0.05, 0) is 38.3 Å². The molecule has 0 bridgehead atoms. The van der Waals surface area contributed by atoms with Crippen molar-refractivity contribution in [1.82, 2.24) is 20.4 Å². The summed E-state index contributed by atoms with van der Waals surface area (Å²) in [7, 11) is 0. The Hall–Kier alpha value is -2.24. The molecule has 3 rings (SSSR count). The highest BCUT2D eigenvalue weighted by Crippen LogP contribution is 2.26. The number of rotatable bonds is 5. The average molecular weight is 328 g/mol. The summed E-state index contributed by atoms with van der Waals surface area (Å²) in [6, 6.07) is 3.53. The second kappa shape index (κ2) is 7.55. The van der Waals surface area contributed by atoms with E-state index in [1.165, 1.54) is 6.42 Å². The third-order valence-electron chi connectivity index (χ3n) is 4.60. The fourth-order valence-corrected chi connectivity index (χ4v) is 3.17. The van der Waals surface area contributed by atoms with Crippen molar-refractivity contribution in [1.29, 1.82) is 0 Å². The molecule has 0 unspecified atom stereocenters. The Labute approximate surface area is 142 Å². The van der Waals surface area contributed by atoms with E-state index in [2.05, 4.69) is 20.4 Å². The molecule has 1 aliphatic carbocycles. The number of amides is 1. The lowest BCUT2D eigenvalue weighted by Gasteiger charge is -2.22. The first kappa shape index (κ1) is 16.6. The van der Waals surface area contributed by atoms with E-state index in [0.717, 1.165) is 43.4 Å². The fourth-order valence-electron chi connectivity index (χ4n) is 3.17. The molecule has 24 heavy (non-hydrogen) atoms. The number of carbonyl (C=O) groups is 1. The number of nitrogens with zero attached hydrogens (tertiary/aromatic N) is 3. The van der Waals surface area contributed by atoms with Crippen molar-refractivity contribution in [3.05, 3.63) is 29.9 Å². The van der Waals surface area contributed by atoms with Crippen molar-refractivity contribution >= 4 is 5.91 Å². The van der Waals surface area contributed by atoms with Crippen molar-refractivity contribution in [2.24, 2.45) is 5.92 Å². The monoisotopic (exact) mass is 328 g/mol. The van der Waals surface area contributed by atoms with Gasteiger partial charge < -0.3 is 9.84 Å². The highest BCUT2D eigenvalue weighted by molar-refractivity contribution is 5.79. The number of aromatic nitrogens is 3. The van der Waals surface area contributed by atoms with Crippen LogP contribution in [-0.2, 0) is 4.79 Å². The highest BCUT2D eigenvalue weighted by atomic mass is 16.5. The van der Waals surface area contributed by atoms with Gasteiger partial charge in [-0.1, -0.05) is 31.3 Å². The zero-order valence-corrected chi connectivity index (χ0v) is 14.3. The SMILES string of the molecule is CC[C@H](NC(=O)C1CCCCC1)c1nc(-c2ccnc(C)c2)no1. The number of nitrogens with one attached hydrogen (secondary N) is 1. The minimum atomic E-state index is -0.233. The normalized spacial score (nSPS) is 16.8. The Morgan fingerprint density at radius 2 is 2.17 bits per heavy atom. The van der Waals surface area contributed by atoms with Gasteiger partial charge in [0.05, 0.1) is 0 Å². The van der Waals surface area contributed by atoms with Crippen molar-refractivity contribution in [3.8, 4) is 11.4 Å². The molecule has 1 atom stereocenters. The number of pyridine rings is 1. The van der Waals surface area contributed by atoms with Crippen molar-refractivity contribution < 1.29 is 9.32 Å². The summed E-state index contributed by atoms with van der Waals surface area (Å²) in [6.07, 6.45) is 7.92. The third kappa shape index (κ3) is 3.80. The van der Waals surface area contributed by atoms with E-state index in [1.54, 1.807) is 6.20 Å². The summed E-state index contributed by atoms with van der Waals surface area (Å²) in [5.41, 5.74) is 1.77. The molecule has 0 aliphatic heterocycles. The molecule has 1 aliphatic rings. The van der Waals surface area contributed by atoms with Gasteiger partial charge in [-0.2, -0.15) is 4.98 Å². The van der Waals surface area contributed by atoms with E-state index in [1.807, 2.05) is 26.0 Å². The number of carbonyl (C=O) groups excluding carboxylic acids is 1. The van der Waals surface area contributed by atoms with Gasteiger partial charge in [-0.3, -0.25) is 9.78 Å². The van der Waals surface area contributed by atoms with Gasteiger partial charge in [-0.25, -0.2) is 0 Å². The molecular weight excluding hydrogens is 304 g/mol. The second-order valence-corrected chi connectivity index (χ2v) is 6.45. The van der Waals surface area contributed by atoms with Crippen molar-refractivity contribution in [2.45, 2.75) is 58.4 Å². The van der Waals surface area contributed by atoms with Crippen LogP contribution in [0.3, 0.4) is 0 Å². The molecule has 0 spiro atoms. The molecule has 0 saturated heterocycles. The molecule has 1 amide bonds. The van der Waals surface area contributed by atoms with Crippen LogP contribution in [0, 0.1) is 12.8 Å². The summed E-state index contributed by atoms with van der Waals surface area (Å²) >= 11 is 0. The highest BCUT2D eigenvalue weighted by Gasteiger charge is 2.26. The molecular formula is C18H24N4O2. The minimum absolute atomic E-state index is 0.112. The third-order valence-corrected chi connectivity index (χ3v) is 4.60. The Morgan fingerprint density at radius 1 is 1.38 bits per heavy atom. The molecule has 6 nitrogen and oxygen atoms in total. The zero-order chi connectivity index (χ0) is 16.9. The average Bonchev–Trinajstić information content (AvgIpc) is 3.10. The van der Waals surface area contributed by atoms with Gasteiger partial charge >= 0.3 is 0 Å². The molecule has 1 saturated carbocycles. The van der Waals surface area contributed by atoms with E-state index >= 15 is 0 Å². The lowest BCUT2D eigenvalue weighted by Crippen LogP contribution is -2.34. The summed E-state index contributed by atoms with van der Waals surface area (Å²) in [5, 5.41) is 7.13. The fraction of sp³-hybridized carbons (Fsp3) is 0.556. The number of hydrogen-bond donors (Lipinski definition) is 1. The largest absolute Gasteiger partial charge is 0.344 e. The van der Waals surface area contributed by atoms with E-state index in [0.29, 0.717) is 11.7 Å². The van der Waals surface area contributed by atoms with Gasteiger partial charge in [0.25, 0.3) is 0 Å². The maximum absolute atomic E-state index is 12.5. The van der Waals surface area contributed by atoms with Crippen LogP contribution >= 0.6 is 0 Å². The quantitative estimate of drug-likeness (QED) is 0.907. The summed E-state index contributed by atoms with van der Waals surface area (Å²) in [4.78, 5) is 21.1. The molecule has 6 heteroatoms. The number of aryl methyl sites for hydroxylation is 1. The van der Waals surface area contributed by atoms with Crippen molar-refractivity contribution in [3.63, 3.8) is 0 Å². The predicted molar refractivity (Wildman–Crippen MR) is 90.0 cm³/mol. The molecule has 0 aromatic carbocycles. The van der Waals surface area contributed by atoms with E-state index in [9.17, 15) is 4.79 Å². The Balaban J connectivity index is 1.70. The van der Waals surface area contributed by atoms with Crippen LogP contribution in [0.25, 0.3) is 11.4 Å². The molecule has 2 aromatic heterocycles. The first-order chi connectivity index (χ1) is 11.7. The summed E-state index contributed by atoms with van der Waals surface area (Å²) < 4.78 is 5.40. The van der Waals surface area contributed by atoms with Crippen LogP contribution in [0.15, 0.2) is 22.9 Å². The van der Waals surface area contributed by atoms with Crippen molar-refractivity contribution in [2.75, 3.05) is 0 Å².